The van der Waals surface area contributed by atoms with Gasteiger partial charge in [0, 0.05) is 0 Å². The number of ether oxygens (including phenoxy) is 2. The number of methoxy groups -OCH3 is 1. The number of hydrogen-bond acceptors (Lipinski definition) is 6. The van der Waals surface area contributed by atoms with Crippen LogP contribution >= 0.6 is 0 Å². The topological polar surface area (TPSA) is 120 Å². The van der Waals surface area contributed by atoms with E-state index in [1.54, 1.807) is 0 Å². The van der Waals surface area contributed by atoms with Crippen molar-refractivity contribution in [3.8, 4) is 11.5 Å². The van der Waals surface area contributed by atoms with Gasteiger partial charge in [-0.25, -0.2) is 0 Å². The molecule has 11 heteroatoms. The van der Waals surface area contributed by atoms with Gasteiger partial charge in [-0.15, -0.1) is 0 Å². The summed E-state index contributed by atoms with van der Waals surface area (Å²) in [7, 11) is 1.15. The maximum Gasteiger partial charge on any atom is 0.416 e. The van der Waals surface area contributed by atoms with Gasteiger partial charge in [-0.1, -0.05) is 0 Å². The van der Waals surface area contributed by atoms with Gasteiger partial charge in [0.1, 0.15) is 11.8 Å². The Bertz CT molecular complexity index is 1010. The van der Waals surface area contributed by atoms with Gasteiger partial charge < -0.3 is 25.8 Å². The summed E-state index contributed by atoms with van der Waals surface area (Å²) in [5, 5.41) is 4.91. The summed E-state index contributed by atoms with van der Waals surface area (Å²) in [6.07, 6.45) is -4.86. The summed E-state index contributed by atoms with van der Waals surface area (Å²) in [4.78, 5) is 36.3. The van der Waals surface area contributed by atoms with Gasteiger partial charge in [-0.2, -0.15) is 13.2 Å². The van der Waals surface area contributed by atoms with Crippen LogP contribution in [0.4, 0.5) is 24.5 Å². The molecule has 4 N–H and O–H groups in total. The van der Waals surface area contributed by atoms with Gasteiger partial charge in [-0.3, -0.25) is 14.4 Å². The molecule has 0 radical (unpaired) electrons. The van der Waals surface area contributed by atoms with Crippen molar-refractivity contribution in [3.63, 3.8) is 0 Å². The third-order valence-electron chi connectivity index (χ3n) is 4.28. The van der Waals surface area contributed by atoms with Crippen LogP contribution in [-0.2, 0) is 20.5 Å². The molecule has 0 saturated carbocycles. The summed E-state index contributed by atoms with van der Waals surface area (Å²) >= 11 is 0. The lowest BCUT2D eigenvalue weighted by Gasteiger charge is -2.13. The molecule has 1 aliphatic rings. The SMILES string of the molecule is COC(=O)C[C@@H]1NC(=O)c2cc(Oc3ccc(C(F)(F)F)cc3)c(N)cc2NC1=O. The summed E-state index contributed by atoms with van der Waals surface area (Å²) < 4.78 is 48.0. The predicted molar refractivity (Wildman–Crippen MR) is 98.9 cm³/mol. The fourth-order valence-electron chi connectivity index (χ4n) is 2.73. The molecular formula is C19H16F3N3O5. The lowest BCUT2D eigenvalue weighted by atomic mass is 10.1. The Labute approximate surface area is 168 Å². The van der Waals surface area contributed by atoms with Crippen molar-refractivity contribution in [2.75, 3.05) is 18.2 Å². The monoisotopic (exact) mass is 423 g/mol. The van der Waals surface area contributed by atoms with Gasteiger partial charge in [-0.05, 0) is 36.4 Å². The van der Waals surface area contributed by atoms with E-state index in [1.165, 1.54) is 12.1 Å². The number of alkyl halides is 3. The number of carbonyl (C=O) groups excluding carboxylic acids is 3. The van der Waals surface area contributed by atoms with E-state index in [0.717, 1.165) is 31.4 Å². The van der Waals surface area contributed by atoms with Gasteiger partial charge in [0.15, 0.2) is 5.75 Å². The molecule has 1 heterocycles. The number of hydrogen-bond donors (Lipinski definition) is 3. The normalized spacial score (nSPS) is 16.1. The lowest BCUT2D eigenvalue weighted by Crippen LogP contribution is -2.42. The summed E-state index contributed by atoms with van der Waals surface area (Å²) in [5.74, 6) is -1.93. The summed E-state index contributed by atoms with van der Waals surface area (Å²) in [6, 6.07) is 5.30. The van der Waals surface area contributed by atoms with Crippen LogP contribution in [-0.4, -0.2) is 30.9 Å². The average molecular weight is 423 g/mol. The van der Waals surface area contributed by atoms with Crippen molar-refractivity contribution in [2.45, 2.75) is 18.6 Å². The minimum atomic E-state index is -4.49. The van der Waals surface area contributed by atoms with E-state index >= 15 is 0 Å². The number of benzene rings is 2. The van der Waals surface area contributed by atoms with E-state index in [4.69, 9.17) is 10.5 Å². The largest absolute Gasteiger partial charge is 0.469 e. The fraction of sp³-hybridized carbons (Fsp3) is 0.211. The second-order valence-electron chi connectivity index (χ2n) is 6.36. The van der Waals surface area contributed by atoms with E-state index in [-0.39, 0.29) is 34.9 Å². The van der Waals surface area contributed by atoms with Crippen molar-refractivity contribution in [3.05, 3.63) is 47.5 Å². The van der Waals surface area contributed by atoms with E-state index < -0.39 is 35.6 Å². The van der Waals surface area contributed by atoms with Crippen molar-refractivity contribution >= 4 is 29.2 Å². The smallest absolute Gasteiger partial charge is 0.416 e. The van der Waals surface area contributed by atoms with Gasteiger partial charge in [0.05, 0.1) is 36.0 Å². The number of nitrogen functional groups attached to an aromatic ring is 1. The number of esters is 1. The highest BCUT2D eigenvalue weighted by molar-refractivity contribution is 6.11. The molecule has 0 fully saturated rings. The molecule has 1 aliphatic heterocycles. The summed E-state index contributed by atoms with van der Waals surface area (Å²) in [6.45, 7) is 0. The molecule has 0 unspecified atom stereocenters. The summed E-state index contributed by atoms with van der Waals surface area (Å²) in [5.41, 5.74) is 5.21. The molecule has 1 atom stereocenters. The Balaban J connectivity index is 1.86. The third kappa shape index (κ3) is 4.45. The van der Waals surface area contributed by atoms with Gasteiger partial charge >= 0.3 is 12.1 Å². The lowest BCUT2D eigenvalue weighted by molar-refractivity contribution is -0.142. The molecule has 2 aromatic rings. The molecule has 3 rings (SSSR count). The Kier molecular flexibility index (Phi) is 5.54. The maximum absolute atomic E-state index is 12.7. The van der Waals surface area contributed by atoms with Crippen LogP contribution in [0.3, 0.4) is 0 Å². The number of nitrogens with two attached hydrogens (primary N) is 1. The zero-order valence-electron chi connectivity index (χ0n) is 15.5. The first-order chi connectivity index (χ1) is 14.1. The molecule has 0 aliphatic carbocycles. The maximum atomic E-state index is 12.7. The van der Waals surface area contributed by atoms with E-state index in [1.807, 2.05) is 0 Å². The number of halogens is 3. The number of carbonyl (C=O) groups is 3. The number of rotatable bonds is 4. The highest BCUT2D eigenvalue weighted by Gasteiger charge is 2.31. The first-order valence-corrected chi connectivity index (χ1v) is 8.55. The number of amides is 2. The number of anilines is 2. The van der Waals surface area contributed by atoms with E-state index in [2.05, 4.69) is 15.4 Å². The highest BCUT2D eigenvalue weighted by atomic mass is 19.4. The Morgan fingerprint density at radius 2 is 1.83 bits per heavy atom. The first kappa shape index (κ1) is 21.0. The third-order valence-corrected chi connectivity index (χ3v) is 4.28. The number of fused-ring (bicyclic) bond motifs is 1. The van der Waals surface area contributed by atoms with Crippen LogP contribution in [0.2, 0.25) is 0 Å². The van der Waals surface area contributed by atoms with Gasteiger partial charge in [0.25, 0.3) is 5.91 Å². The molecule has 0 bridgehead atoms. The molecule has 8 nitrogen and oxygen atoms in total. The van der Waals surface area contributed by atoms with Crippen LogP contribution in [0, 0.1) is 0 Å². The Morgan fingerprint density at radius 3 is 2.43 bits per heavy atom. The minimum absolute atomic E-state index is 0.00401. The van der Waals surface area contributed by atoms with Gasteiger partial charge in [0.2, 0.25) is 5.91 Å². The van der Waals surface area contributed by atoms with Crippen LogP contribution in [0.25, 0.3) is 0 Å². The quantitative estimate of drug-likeness (QED) is 0.514. The van der Waals surface area contributed by atoms with Crippen molar-refractivity contribution in [2.24, 2.45) is 0 Å². The predicted octanol–water partition coefficient (Wildman–Crippen LogP) is 2.69. The first-order valence-electron chi connectivity index (χ1n) is 8.55. The van der Waals surface area contributed by atoms with Crippen molar-refractivity contribution < 1.29 is 37.0 Å². The van der Waals surface area contributed by atoms with Crippen LogP contribution in [0.5, 0.6) is 11.5 Å². The Hall–Kier alpha value is -3.76. The van der Waals surface area contributed by atoms with Crippen LogP contribution < -0.4 is 21.1 Å². The zero-order valence-corrected chi connectivity index (χ0v) is 15.5. The van der Waals surface area contributed by atoms with Crippen LogP contribution in [0.1, 0.15) is 22.3 Å². The zero-order chi connectivity index (χ0) is 22.1. The molecule has 2 amide bonds. The number of nitrogens with one attached hydrogen (secondary N) is 2. The Morgan fingerprint density at radius 1 is 1.17 bits per heavy atom. The molecular weight excluding hydrogens is 407 g/mol. The molecule has 0 aromatic heterocycles. The molecule has 30 heavy (non-hydrogen) atoms. The van der Waals surface area contributed by atoms with Crippen molar-refractivity contribution in [1.29, 1.82) is 0 Å². The van der Waals surface area contributed by atoms with E-state index in [0.29, 0.717) is 0 Å². The minimum Gasteiger partial charge on any atom is -0.469 e. The molecule has 0 spiro atoms. The second-order valence-corrected chi connectivity index (χ2v) is 6.36. The fourth-order valence-corrected chi connectivity index (χ4v) is 2.73. The highest BCUT2D eigenvalue weighted by Crippen LogP contribution is 2.35. The standard InChI is InChI=1S/C19H16F3N3O5/c1-29-16(26)8-14-18(28)24-13-7-12(23)15(6-11(13)17(27)25-14)30-10-4-2-9(3-5-10)19(20,21)22/h2-7,14H,8,23H2,1H3,(H,24,28)(H,25,27)/t14-/m0/s1. The average Bonchev–Trinajstić information content (AvgIpc) is 2.78. The molecule has 2 aromatic carbocycles. The van der Waals surface area contributed by atoms with Crippen LogP contribution in [0.15, 0.2) is 36.4 Å². The molecule has 158 valence electrons. The van der Waals surface area contributed by atoms with E-state index in [9.17, 15) is 27.6 Å². The molecule has 0 saturated heterocycles. The van der Waals surface area contributed by atoms with Crippen molar-refractivity contribution in [1.82, 2.24) is 5.32 Å². The second kappa shape index (κ2) is 7.93.